The minimum absolute atomic E-state index is 0.105. The van der Waals surface area contributed by atoms with Gasteiger partial charge in [-0.15, -0.1) is 11.3 Å². The standard InChI is InChI=1S/C19H24N4O3S/c1-19(2,3)26-18(25)23-10-9-14(11-23)20-16(24)22-17-21-15(12-27-17)13-7-5-4-6-8-13/h4-8,12,14H,9-11H2,1-3H3,(H2,20,21,22,24). The number of benzene rings is 1. The first-order valence-electron chi connectivity index (χ1n) is 8.86. The number of carbonyl (C=O) groups excluding carboxylic acids is 2. The molecule has 2 heterocycles. The van der Waals surface area contributed by atoms with E-state index in [1.54, 1.807) is 4.90 Å². The lowest BCUT2D eigenvalue weighted by Gasteiger charge is -2.24. The molecule has 3 rings (SSSR count). The first kappa shape index (κ1) is 19.2. The second-order valence-corrected chi connectivity index (χ2v) is 8.27. The minimum Gasteiger partial charge on any atom is -0.444 e. The van der Waals surface area contributed by atoms with Gasteiger partial charge in [-0.25, -0.2) is 14.6 Å². The molecule has 8 heteroatoms. The summed E-state index contributed by atoms with van der Waals surface area (Å²) >= 11 is 1.37. The van der Waals surface area contributed by atoms with E-state index < -0.39 is 5.60 Å². The van der Waals surface area contributed by atoms with E-state index >= 15 is 0 Å². The normalized spacial score (nSPS) is 16.9. The van der Waals surface area contributed by atoms with E-state index in [4.69, 9.17) is 4.74 Å². The Kier molecular flexibility index (Phi) is 5.65. The predicted octanol–water partition coefficient (Wildman–Crippen LogP) is 3.94. The van der Waals surface area contributed by atoms with Crippen molar-refractivity contribution in [3.05, 3.63) is 35.7 Å². The average molecular weight is 388 g/mol. The topological polar surface area (TPSA) is 83.6 Å². The van der Waals surface area contributed by atoms with Crippen LogP contribution in [0.5, 0.6) is 0 Å². The van der Waals surface area contributed by atoms with E-state index in [9.17, 15) is 9.59 Å². The van der Waals surface area contributed by atoms with Gasteiger partial charge >= 0.3 is 12.1 Å². The molecular weight excluding hydrogens is 364 g/mol. The summed E-state index contributed by atoms with van der Waals surface area (Å²) in [4.78, 5) is 30.4. The van der Waals surface area contributed by atoms with E-state index in [0.717, 1.165) is 11.3 Å². The molecule has 0 spiro atoms. The maximum Gasteiger partial charge on any atom is 0.410 e. The molecule has 0 aliphatic carbocycles. The highest BCUT2D eigenvalue weighted by molar-refractivity contribution is 7.14. The third-order valence-electron chi connectivity index (χ3n) is 3.97. The van der Waals surface area contributed by atoms with Gasteiger partial charge < -0.3 is 15.0 Å². The van der Waals surface area contributed by atoms with Crippen LogP contribution in [0.15, 0.2) is 35.7 Å². The van der Waals surface area contributed by atoms with Gasteiger partial charge in [-0.1, -0.05) is 30.3 Å². The molecule has 1 aromatic heterocycles. The summed E-state index contributed by atoms with van der Waals surface area (Å²) in [7, 11) is 0. The number of thiazole rings is 1. The maximum absolute atomic E-state index is 12.2. The molecule has 144 valence electrons. The van der Waals surface area contributed by atoms with Crippen molar-refractivity contribution in [2.75, 3.05) is 18.4 Å². The fourth-order valence-corrected chi connectivity index (χ4v) is 3.48. The van der Waals surface area contributed by atoms with Crippen LogP contribution in [0.4, 0.5) is 14.7 Å². The van der Waals surface area contributed by atoms with Crippen LogP contribution in [-0.2, 0) is 4.74 Å². The van der Waals surface area contributed by atoms with Gasteiger partial charge in [0.25, 0.3) is 0 Å². The molecule has 1 aromatic carbocycles. The smallest absolute Gasteiger partial charge is 0.410 e. The van der Waals surface area contributed by atoms with Crippen LogP contribution < -0.4 is 10.6 Å². The third kappa shape index (κ3) is 5.43. The summed E-state index contributed by atoms with van der Waals surface area (Å²) in [5.74, 6) is 0. The Morgan fingerprint density at radius 2 is 2.00 bits per heavy atom. The predicted molar refractivity (Wildman–Crippen MR) is 106 cm³/mol. The molecule has 1 atom stereocenters. The molecule has 0 radical (unpaired) electrons. The number of aromatic nitrogens is 1. The molecule has 1 saturated heterocycles. The SMILES string of the molecule is CC(C)(C)OC(=O)N1CCC(NC(=O)Nc2nc(-c3ccccc3)cs2)C1. The van der Waals surface area contributed by atoms with Crippen LogP contribution in [0.25, 0.3) is 11.3 Å². The molecule has 2 aromatic rings. The zero-order valence-electron chi connectivity index (χ0n) is 15.7. The quantitative estimate of drug-likeness (QED) is 0.834. The molecular formula is C19H24N4O3S. The number of anilines is 1. The van der Waals surface area contributed by atoms with Crippen molar-refractivity contribution in [3.63, 3.8) is 0 Å². The van der Waals surface area contributed by atoms with Crippen LogP contribution >= 0.6 is 11.3 Å². The molecule has 0 bridgehead atoms. The number of hydrogen-bond donors (Lipinski definition) is 2. The fourth-order valence-electron chi connectivity index (χ4n) is 2.76. The van der Waals surface area contributed by atoms with Gasteiger partial charge in [0.05, 0.1) is 5.69 Å². The van der Waals surface area contributed by atoms with Gasteiger partial charge in [-0.05, 0) is 27.2 Å². The second kappa shape index (κ2) is 7.96. The largest absolute Gasteiger partial charge is 0.444 e. The van der Waals surface area contributed by atoms with Crippen molar-refractivity contribution >= 4 is 28.6 Å². The van der Waals surface area contributed by atoms with Crippen LogP contribution in [-0.4, -0.2) is 46.7 Å². The van der Waals surface area contributed by atoms with E-state index in [2.05, 4.69) is 15.6 Å². The summed E-state index contributed by atoms with van der Waals surface area (Å²) < 4.78 is 5.37. The van der Waals surface area contributed by atoms with E-state index in [0.29, 0.717) is 24.6 Å². The van der Waals surface area contributed by atoms with Crippen molar-refractivity contribution < 1.29 is 14.3 Å². The summed E-state index contributed by atoms with van der Waals surface area (Å²) in [6.07, 6.45) is 0.347. The Morgan fingerprint density at radius 3 is 2.70 bits per heavy atom. The molecule has 0 saturated carbocycles. The molecule has 7 nitrogen and oxygen atoms in total. The van der Waals surface area contributed by atoms with Crippen LogP contribution in [0.3, 0.4) is 0 Å². The lowest BCUT2D eigenvalue weighted by molar-refractivity contribution is 0.0291. The molecule has 1 fully saturated rings. The Labute approximate surface area is 162 Å². The van der Waals surface area contributed by atoms with Crippen molar-refractivity contribution in [1.82, 2.24) is 15.2 Å². The van der Waals surface area contributed by atoms with Gasteiger partial charge in [0.15, 0.2) is 5.13 Å². The van der Waals surface area contributed by atoms with E-state index in [1.807, 2.05) is 56.5 Å². The summed E-state index contributed by atoms with van der Waals surface area (Å²) in [5, 5.41) is 8.10. The third-order valence-corrected chi connectivity index (χ3v) is 4.73. The number of urea groups is 1. The number of hydrogen-bond acceptors (Lipinski definition) is 5. The zero-order chi connectivity index (χ0) is 19.4. The second-order valence-electron chi connectivity index (χ2n) is 7.41. The molecule has 1 aliphatic rings. The number of likely N-dealkylation sites (tertiary alicyclic amines) is 1. The Balaban J connectivity index is 1.49. The average Bonchev–Trinajstić information content (AvgIpc) is 3.24. The van der Waals surface area contributed by atoms with E-state index in [-0.39, 0.29) is 18.2 Å². The van der Waals surface area contributed by atoms with Gasteiger partial charge in [0.1, 0.15) is 5.60 Å². The molecule has 3 amide bonds. The number of nitrogens with one attached hydrogen (secondary N) is 2. The van der Waals surface area contributed by atoms with Crippen molar-refractivity contribution in [1.29, 1.82) is 0 Å². The fraction of sp³-hybridized carbons (Fsp3) is 0.421. The maximum atomic E-state index is 12.2. The molecule has 1 aliphatic heterocycles. The minimum atomic E-state index is -0.527. The van der Waals surface area contributed by atoms with Gasteiger partial charge in [0.2, 0.25) is 0 Å². The Bertz CT molecular complexity index is 801. The van der Waals surface area contributed by atoms with Crippen LogP contribution in [0, 0.1) is 0 Å². The highest BCUT2D eigenvalue weighted by Crippen LogP contribution is 2.24. The number of carbonyl (C=O) groups is 2. The van der Waals surface area contributed by atoms with Crippen LogP contribution in [0.2, 0.25) is 0 Å². The van der Waals surface area contributed by atoms with Crippen molar-refractivity contribution in [2.45, 2.75) is 38.8 Å². The Morgan fingerprint density at radius 1 is 1.26 bits per heavy atom. The molecule has 2 N–H and O–H groups in total. The monoisotopic (exact) mass is 388 g/mol. The number of nitrogens with zero attached hydrogens (tertiary/aromatic N) is 2. The van der Waals surface area contributed by atoms with Gasteiger partial charge in [-0.3, -0.25) is 5.32 Å². The molecule has 27 heavy (non-hydrogen) atoms. The summed E-state index contributed by atoms with van der Waals surface area (Å²) in [6, 6.07) is 9.37. The number of ether oxygens (including phenoxy) is 1. The molecule has 1 unspecified atom stereocenters. The van der Waals surface area contributed by atoms with Crippen LogP contribution in [0.1, 0.15) is 27.2 Å². The highest BCUT2D eigenvalue weighted by atomic mass is 32.1. The van der Waals surface area contributed by atoms with Gasteiger partial charge in [-0.2, -0.15) is 0 Å². The van der Waals surface area contributed by atoms with Gasteiger partial charge in [0, 0.05) is 30.1 Å². The Hall–Kier alpha value is -2.61. The van der Waals surface area contributed by atoms with Crippen molar-refractivity contribution in [3.8, 4) is 11.3 Å². The summed E-state index contributed by atoms with van der Waals surface area (Å²) in [6.45, 7) is 6.51. The zero-order valence-corrected chi connectivity index (χ0v) is 16.5. The lowest BCUT2D eigenvalue weighted by Crippen LogP contribution is -2.41. The number of rotatable bonds is 3. The summed E-state index contributed by atoms with van der Waals surface area (Å²) in [5.41, 5.74) is 1.31. The number of amides is 3. The first-order valence-corrected chi connectivity index (χ1v) is 9.74. The van der Waals surface area contributed by atoms with E-state index in [1.165, 1.54) is 11.3 Å². The lowest BCUT2D eigenvalue weighted by atomic mass is 10.2. The first-order chi connectivity index (χ1) is 12.8. The van der Waals surface area contributed by atoms with Crippen molar-refractivity contribution in [2.24, 2.45) is 0 Å². The highest BCUT2D eigenvalue weighted by Gasteiger charge is 2.30.